The minimum atomic E-state index is -4.53. The number of esters is 1. The fraction of sp³-hybridized carbons (Fsp3) is 0.211. The molecule has 2 N–H and O–H groups in total. The van der Waals surface area contributed by atoms with E-state index < -0.39 is 36.0 Å². The van der Waals surface area contributed by atoms with Gasteiger partial charge in [0.05, 0.1) is 11.6 Å². The summed E-state index contributed by atoms with van der Waals surface area (Å²) in [7, 11) is 0. The van der Waals surface area contributed by atoms with Crippen molar-refractivity contribution in [3.63, 3.8) is 0 Å². The van der Waals surface area contributed by atoms with Crippen LogP contribution in [-0.2, 0) is 15.7 Å². The molecule has 1 heterocycles. The van der Waals surface area contributed by atoms with E-state index in [2.05, 4.69) is 10.3 Å². The number of aromatic nitrogens is 1. The lowest BCUT2D eigenvalue weighted by molar-refractivity contribution is -0.137. The zero-order valence-electron chi connectivity index (χ0n) is 15.1. The predicted octanol–water partition coefficient (Wildman–Crippen LogP) is 3.75. The second kappa shape index (κ2) is 8.97. The zero-order valence-corrected chi connectivity index (χ0v) is 15.1. The van der Waals surface area contributed by atoms with Gasteiger partial charge in [0, 0.05) is 17.6 Å². The van der Waals surface area contributed by atoms with E-state index >= 15 is 0 Å². The van der Waals surface area contributed by atoms with Crippen molar-refractivity contribution >= 4 is 29.0 Å². The predicted molar refractivity (Wildman–Crippen MR) is 96.8 cm³/mol. The van der Waals surface area contributed by atoms with Gasteiger partial charge in [-0.25, -0.2) is 9.78 Å². The van der Waals surface area contributed by atoms with Gasteiger partial charge in [-0.15, -0.1) is 0 Å². The van der Waals surface area contributed by atoms with E-state index in [4.69, 9.17) is 15.4 Å². The van der Waals surface area contributed by atoms with Crippen molar-refractivity contribution in [2.24, 2.45) is 5.92 Å². The molecule has 150 valence electrons. The van der Waals surface area contributed by atoms with Gasteiger partial charge in [0.2, 0.25) is 0 Å². The van der Waals surface area contributed by atoms with E-state index in [0.29, 0.717) is 0 Å². The Kier molecular flexibility index (Phi) is 6.67. The highest BCUT2D eigenvalue weighted by atomic mass is 19.4. The zero-order chi connectivity index (χ0) is 21.6. The third-order valence-electron chi connectivity index (χ3n) is 3.71. The highest BCUT2D eigenvalue weighted by Crippen LogP contribution is 2.31. The Balaban J connectivity index is 2.17. The van der Waals surface area contributed by atoms with Gasteiger partial charge in [-0.3, -0.25) is 4.79 Å². The molecule has 7 nitrogen and oxygen atoms in total. The molecule has 29 heavy (non-hydrogen) atoms. The van der Waals surface area contributed by atoms with Gasteiger partial charge in [0.15, 0.2) is 12.4 Å². The van der Waals surface area contributed by atoms with Crippen molar-refractivity contribution in [1.82, 2.24) is 4.98 Å². The number of ketones is 1. The molecule has 1 aromatic heterocycles. The Bertz CT molecular complexity index is 983. The van der Waals surface area contributed by atoms with Crippen molar-refractivity contribution in [3.8, 4) is 6.07 Å². The van der Waals surface area contributed by atoms with Crippen LogP contribution in [0.25, 0.3) is 0 Å². The van der Waals surface area contributed by atoms with Crippen LogP contribution in [0, 0.1) is 22.7 Å². The number of ether oxygens (including phenoxy) is 1. The van der Waals surface area contributed by atoms with Crippen LogP contribution < -0.4 is 5.32 Å². The minimum Gasteiger partial charge on any atom is -0.454 e. The Morgan fingerprint density at radius 2 is 2.03 bits per heavy atom. The summed E-state index contributed by atoms with van der Waals surface area (Å²) in [6.07, 6.45) is -3.21. The molecule has 1 atom stereocenters. The van der Waals surface area contributed by atoms with Gasteiger partial charge in [-0.1, -0.05) is 6.07 Å². The lowest BCUT2D eigenvalue weighted by atomic mass is 10.0. The van der Waals surface area contributed by atoms with E-state index in [1.165, 1.54) is 37.4 Å². The molecule has 1 aromatic carbocycles. The van der Waals surface area contributed by atoms with Gasteiger partial charge >= 0.3 is 12.1 Å². The first kappa shape index (κ1) is 21.6. The monoisotopic (exact) mass is 404 g/mol. The molecule has 0 aliphatic rings. The smallest absolute Gasteiger partial charge is 0.416 e. The van der Waals surface area contributed by atoms with E-state index in [0.717, 1.165) is 12.1 Å². The summed E-state index contributed by atoms with van der Waals surface area (Å²) in [5.74, 6) is -3.10. The first-order valence-electron chi connectivity index (χ1n) is 8.17. The van der Waals surface area contributed by atoms with Crippen LogP contribution in [0.2, 0.25) is 0 Å². The molecule has 0 aliphatic heterocycles. The number of carbonyl (C=O) groups excluding carboxylic acids is 2. The number of pyridine rings is 1. The molecular weight excluding hydrogens is 389 g/mol. The SMILES string of the molecule is CC(=N)C(C#N)C(=O)COC(=O)c1cccnc1Nc1cccc(C(F)(F)F)c1. The number of benzene rings is 1. The van der Waals surface area contributed by atoms with Gasteiger partial charge in [-0.05, 0) is 37.3 Å². The molecule has 2 rings (SSSR count). The van der Waals surface area contributed by atoms with Crippen molar-refractivity contribution in [1.29, 1.82) is 10.7 Å². The first-order valence-corrected chi connectivity index (χ1v) is 8.17. The van der Waals surface area contributed by atoms with Crippen LogP contribution in [-0.4, -0.2) is 29.1 Å². The fourth-order valence-corrected chi connectivity index (χ4v) is 2.29. The average Bonchev–Trinajstić information content (AvgIpc) is 2.66. The van der Waals surface area contributed by atoms with Gasteiger partial charge in [0.25, 0.3) is 0 Å². The Hall–Kier alpha value is -3.74. The standard InChI is InChI=1S/C19H15F3N4O3/c1-11(24)15(9-23)16(27)10-29-18(28)14-6-3-7-25-17(14)26-13-5-2-4-12(8-13)19(20,21)22/h2-8,15,24H,10H2,1H3,(H,25,26). The number of hydrogen-bond acceptors (Lipinski definition) is 7. The van der Waals surface area contributed by atoms with E-state index in [9.17, 15) is 22.8 Å². The molecule has 0 fully saturated rings. The minimum absolute atomic E-state index is 0.0487. The molecule has 0 amide bonds. The number of rotatable bonds is 7. The number of anilines is 2. The number of carbonyl (C=O) groups is 2. The highest BCUT2D eigenvalue weighted by molar-refractivity contribution is 6.06. The van der Waals surface area contributed by atoms with Crippen LogP contribution in [0.3, 0.4) is 0 Å². The molecular formula is C19H15F3N4O3. The number of alkyl halides is 3. The van der Waals surface area contributed by atoms with Crippen molar-refractivity contribution < 1.29 is 27.5 Å². The third kappa shape index (κ3) is 5.62. The Morgan fingerprint density at radius 3 is 2.66 bits per heavy atom. The quantitative estimate of drug-likeness (QED) is 0.536. The topological polar surface area (TPSA) is 116 Å². The van der Waals surface area contributed by atoms with Gasteiger partial charge < -0.3 is 15.5 Å². The number of halogens is 3. The van der Waals surface area contributed by atoms with Crippen LogP contribution in [0.5, 0.6) is 0 Å². The van der Waals surface area contributed by atoms with Crippen LogP contribution in [0.1, 0.15) is 22.8 Å². The molecule has 1 unspecified atom stereocenters. The maximum absolute atomic E-state index is 12.9. The lowest BCUT2D eigenvalue weighted by Crippen LogP contribution is -2.25. The molecule has 0 bridgehead atoms. The largest absolute Gasteiger partial charge is 0.454 e. The van der Waals surface area contributed by atoms with Crippen LogP contribution in [0.15, 0.2) is 42.6 Å². The molecule has 2 aromatic rings. The molecule has 0 aliphatic carbocycles. The Labute approximate surface area is 163 Å². The molecule has 10 heteroatoms. The highest BCUT2D eigenvalue weighted by Gasteiger charge is 2.30. The average molecular weight is 404 g/mol. The third-order valence-corrected chi connectivity index (χ3v) is 3.71. The summed E-state index contributed by atoms with van der Waals surface area (Å²) in [5, 5.41) is 18.9. The van der Waals surface area contributed by atoms with Crippen molar-refractivity contribution in [2.75, 3.05) is 11.9 Å². The second-order valence-electron chi connectivity index (χ2n) is 5.89. The molecule has 0 spiro atoms. The van der Waals surface area contributed by atoms with E-state index in [1.807, 2.05) is 0 Å². The van der Waals surface area contributed by atoms with Crippen molar-refractivity contribution in [2.45, 2.75) is 13.1 Å². The van der Waals surface area contributed by atoms with Gasteiger partial charge in [0.1, 0.15) is 17.3 Å². The fourth-order valence-electron chi connectivity index (χ4n) is 2.29. The summed E-state index contributed by atoms with van der Waals surface area (Å²) in [6, 6.07) is 8.71. The van der Waals surface area contributed by atoms with Crippen LogP contribution >= 0.6 is 0 Å². The van der Waals surface area contributed by atoms with Gasteiger partial charge in [-0.2, -0.15) is 18.4 Å². The van der Waals surface area contributed by atoms with Crippen LogP contribution in [0.4, 0.5) is 24.7 Å². The van der Waals surface area contributed by atoms with E-state index in [1.54, 1.807) is 6.07 Å². The summed E-state index contributed by atoms with van der Waals surface area (Å²) < 4.78 is 43.4. The number of nitriles is 1. The second-order valence-corrected chi connectivity index (χ2v) is 5.89. The summed E-state index contributed by atoms with van der Waals surface area (Å²) in [5.41, 5.74) is -1.12. The molecule has 0 radical (unpaired) electrons. The normalized spacial score (nSPS) is 11.8. The summed E-state index contributed by atoms with van der Waals surface area (Å²) >= 11 is 0. The first-order chi connectivity index (χ1) is 13.6. The number of hydrogen-bond donors (Lipinski definition) is 2. The molecule has 0 saturated heterocycles. The van der Waals surface area contributed by atoms with Crippen molar-refractivity contribution in [3.05, 3.63) is 53.7 Å². The number of nitrogens with zero attached hydrogens (tertiary/aromatic N) is 2. The number of nitrogens with one attached hydrogen (secondary N) is 2. The Morgan fingerprint density at radius 1 is 1.31 bits per heavy atom. The maximum atomic E-state index is 12.9. The lowest BCUT2D eigenvalue weighted by Gasteiger charge is -2.13. The van der Waals surface area contributed by atoms with E-state index in [-0.39, 0.29) is 22.8 Å². The summed E-state index contributed by atoms with van der Waals surface area (Å²) in [6.45, 7) is 0.553. The number of Topliss-reactive ketones (excluding diaryl/α,β-unsaturated/α-hetero) is 1. The molecule has 0 saturated carbocycles. The maximum Gasteiger partial charge on any atom is 0.416 e. The summed E-state index contributed by atoms with van der Waals surface area (Å²) in [4.78, 5) is 28.1.